The fraction of sp³-hybridized carbons (Fsp3) is 0.167. The minimum Gasteiger partial charge on any atom is -0.472 e. The molecule has 94 valence electrons. The summed E-state index contributed by atoms with van der Waals surface area (Å²) < 4.78 is 5.77. The Morgan fingerprint density at radius 2 is 2.17 bits per heavy atom. The van der Waals surface area contributed by atoms with E-state index >= 15 is 0 Å². The molecule has 1 N–H and O–H groups in total. The predicted molar refractivity (Wildman–Crippen MR) is 70.0 cm³/mol. The standard InChI is InChI=1S/C12H11BrN2O3/c13-11-1-2-12(15(16)17)10(5-11)7-14-6-9-3-4-18-8-9/h1-5,8,14H,6-7H2. The molecule has 5 nitrogen and oxygen atoms in total. The number of furan rings is 1. The predicted octanol–water partition coefficient (Wildman–Crippen LogP) is 3.24. The van der Waals surface area contributed by atoms with Crippen LogP contribution in [0.15, 0.2) is 45.7 Å². The second-order valence-electron chi connectivity index (χ2n) is 3.77. The minimum atomic E-state index is -0.374. The number of nitrogens with zero attached hydrogens (tertiary/aromatic N) is 1. The molecule has 0 saturated heterocycles. The van der Waals surface area contributed by atoms with Crippen LogP contribution in [0.4, 0.5) is 5.69 Å². The average molecular weight is 311 g/mol. The molecule has 0 saturated carbocycles. The van der Waals surface area contributed by atoms with Crippen molar-refractivity contribution in [3.8, 4) is 0 Å². The normalized spacial score (nSPS) is 10.5. The monoisotopic (exact) mass is 310 g/mol. The molecule has 6 heteroatoms. The second kappa shape index (κ2) is 5.79. The largest absolute Gasteiger partial charge is 0.472 e. The molecule has 0 fully saturated rings. The van der Waals surface area contributed by atoms with E-state index < -0.39 is 0 Å². The van der Waals surface area contributed by atoms with Crippen molar-refractivity contribution in [2.45, 2.75) is 13.1 Å². The number of halogens is 1. The summed E-state index contributed by atoms with van der Waals surface area (Å²) in [6.45, 7) is 1.04. The summed E-state index contributed by atoms with van der Waals surface area (Å²) in [5, 5.41) is 14.0. The average Bonchev–Trinajstić information content (AvgIpc) is 2.82. The van der Waals surface area contributed by atoms with Gasteiger partial charge in [-0.05, 0) is 18.2 Å². The first-order valence-electron chi connectivity index (χ1n) is 5.31. The highest BCUT2D eigenvalue weighted by Crippen LogP contribution is 2.22. The van der Waals surface area contributed by atoms with Gasteiger partial charge in [0, 0.05) is 34.8 Å². The SMILES string of the molecule is O=[N+]([O-])c1ccc(Br)cc1CNCc1ccoc1. The summed E-state index contributed by atoms with van der Waals surface area (Å²) in [6.07, 6.45) is 3.24. The third kappa shape index (κ3) is 3.18. The van der Waals surface area contributed by atoms with E-state index in [0.29, 0.717) is 18.7 Å². The van der Waals surface area contributed by atoms with Gasteiger partial charge in [-0.25, -0.2) is 0 Å². The van der Waals surface area contributed by atoms with Crippen molar-refractivity contribution in [2.75, 3.05) is 0 Å². The fourth-order valence-electron chi connectivity index (χ4n) is 1.61. The number of nitro benzene ring substituents is 1. The van der Waals surface area contributed by atoms with Crippen molar-refractivity contribution >= 4 is 21.6 Å². The second-order valence-corrected chi connectivity index (χ2v) is 4.68. The number of hydrogen-bond donors (Lipinski definition) is 1. The van der Waals surface area contributed by atoms with Crippen LogP contribution in [0.1, 0.15) is 11.1 Å². The van der Waals surface area contributed by atoms with E-state index in [0.717, 1.165) is 10.0 Å². The van der Waals surface area contributed by atoms with Gasteiger partial charge in [-0.3, -0.25) is 10.1 Å². The first-order valence-corrected chi connectivity index (χ1v) is 6.11. The highest BCUT2D eigenvalue weighted by molar-refractivity contribution is 9.10. The molecule has 2 rings (SSSR count). The lowest BCUT2D eigenvalue weighted by Gasteiger charge is -2.05. The first kappa shape index (κ1) is 12.8. The molecule has 0 aliphatic rings. The van der Waals surface area contributed by atoms with Gasteiger partial charge >= 0.3 is 0 Å². The van der Waals surface area contributed by atoms with Crippen molar-refractivity contribution in [2.24, 2.45) is 0 Å². The topological polar surface area (TPSA) is 68.3 Å². The van der Waals surface area contributed by atoms with Crippen LogP contribution in [-0.2, 0) is 13.1 Å². The molecular weight excluding hydrogens is 300 g/mol. The molecule has 0 spiro atoms. The zero-order chi connectivity index (χ0) is 13.0. The van der Waals surface area contributed by atoms with Gasteiger partial charge in [-0.1, -0.05) is 15.9 Å². The van der Waals surface area contributed by atoms with Crippen molar-refractivity contribution in [1.82, 2.24) is 5.32 Å². The fourth-order valence-corrected chi connectivity index (χ4v) is 2.02. The molecule has 0 aliphatic carbocycles. The van der Waals surface area contributed by atoms with Gasteiger partial charge in [-0.15, -0.1) is 0 Å². The number of benzene rings is 1. The Labute approximate surface area is 112 Å². The summed E-state index contributed by atoms with van der Waals surface area (Å²) in [6, 6.07) is 6.76. The number of nitrogens with one attached hydrogen (secondary N) is 1. The minimum absolute atomic E-state index is 0.123. The molecule has 1 aromatic heterocycles. The summed E-state index contributed by atoms with van der Waals surface area (Å²) in [5.74, 6) is 0. The Morgan fingerprint density at radius 1 is 1.33 bits per heavy atom. The Kier molecular flexibility index (Phi) is 4.11. The molecule has 1 aromatic carbocycles. The maximum Gasteiger partial charge on any atom is 0.273 e. The van der Waals surface area contributed by atoms with E-state index in [9.17, 15) is 10.1 Å². The number of rotatable bonds is 5. The summed E-state index contributed by atoms with van der Waals surface area (Å²) in [5.41, 5.74) is 1.78. The molecule has 0 unspecified atom stereocenters. The lowest BCUT2D eigenvalue weighted by molar-refractivity contribution is -0.385. The van der Waals surface area contributed by atoms with Crippen LogP contribution in [-0.4, -0.2) is 4.92 Å². The molecule has 2 aromatic rings. The van der Waals surface area contributed by atoms with E-state index in [2.05, 4.69) is 21.2 Å². The Hall–Kier alpha value is -1.66. The van der Waals surface area contributed by atoms with Crippen molar-refractivity contribution in [1.29, 1.82) is 0 Å². The Morgan fingerprint density at radius 3 is 2.83 bits per heavy atom. The zero-order valence-electron chi connectivity index (χ0n) is 9.43. The van der Waals surface area contributed by atoms with E-state index in [1.54, 1.807) is 24.7 Å². The molecule has 1 heterocycles. The van der Waals surface area contributed by atoms with Gasteiger partial charge in [-0.2, -0.15) is 0 Å². The molecule has 0 bridgehead atoms. The maximum absolute atomic E-state index is 10.9. The molecule has 0 amide bonds. The zero-order valence-corrected chi connectivity index (χ0v) is 11.0. The van der Waals surface area contributed by atoms with Crippen molar-refractivity contribution < 1.29 is 9.34 Å². The summed E-state index contributed by atoms with van der Waals surface area (Å²) in [4.78, 5) is 10.5. The third-order valence-electron chi connectivity index (χ3n) is 2.46. The highest BCUT2D eigenvalue weighted by Gasteiger charge is 2.13. The van der Waals surface area contributed by atoms with Gasteiger partial charge in [0.05, 0.1) is 17.4 Å². The van der Waals surface area contributed by atoms with Gasteiger partial charge < -0.3 is 9.73 Å². The maximum atomic E-state index is 10.9. The van der Waals surface area contributed by atoms with Gasteiger partial charge in [0.15, 0.2) is 0 Å². The van der Waals surface area contributed by atoms with E-state index in [1.807, 2.05) is 6.07 Å². The van der Waals surface area contributed by atoms with E-state index in [-0.39, 0.29) is 10.6 Å². The Balaban J connectivity index is 2.03. The van der Waals surface area contributed by atoms with Crippen molar-refractivity contribution in [3.05, 3.63) is 62.5 Å². The molecule has 0 atom stereocenters. The van der Waals surface area contributed by atoms with Gasteiger partial charge in [0.2, 0.25) is 0 Å². The quantitative estimate of drug-likeness (QED) is 0.680. The smallest absolute Gasteiger partial charge is 0.273 e. The summed E-state index contributed by atoms with van der Waals surface area (Å²) in [7, 11) is 0. The van der Waals surface area contributed by atoms with Crippen LogP contribution in [0.2, 0.25) is 0 Å². The van der Waals surface area contributed by atoms with Crippen LogP contribution < -0.4 is 5.32 Å². The van der Waals surface area contributed by atoms with E-state index in [4.69, 9.17) is 4.42 Å². The summed E-state index contributed by atoms with van der Waals surface area (Å²) >= 11 is 3.31. The lowest BCUT2D eigenvalue weighted by Crippen LogP contribution is -2.13. The van der Waals surface area contributed by atoms with Crippen LogP contribution in [0.5, 0.6) is 0 Å². The van der Waals surface area contributed by atoms with Crippen LogP contribution >= 0.6 is 15.9 Å². The molecular formula is C12H11BrN2O3. The van der Waals surface area contributed by atoms with Crippen LogP contribution in [0.3, 0.4) is 0 Å². The highest BCUT2D eigenvalue weighted by atomic mass is 79.9. The van der Waals surface area contributed by atoms with Crippen LogP contribution in [0, 0.1) is 10.1 Å². The van der Waals surface area contributed by atoms with E-state index in [1.165, 1.54) is 6.07 Å². The van der Waals surface area contributed by atoms with Gasteiger partial charge in [0.25, 0.3) is 5.69 Å². The van der Waals surface area contributed by atoms with Crippen LogP contribution in [0.25, 0.3) is 0 Å². The van der Waals surface area contributed by atoms with Crippen molar-refractivity contribution in [3.63, 3.8) is 0 Å². The number of hydrogen-bond acceptors (Lipinski definition) is 4. The number of nitro groups is 1. The Bertz CT molecular complexity index is 540. The molecule has 0 aliphatic heterocycles. The molecule has 18 heavy (non-hydrogen) atoms. The first-order chi connectivity index (χ1) is 8.66. The lowest BCUT2D eigenvalue weighted by atomic mass is 10.2. The third-order valence-corrected chi connectivity index (χ3v) is 2.96. The molecule has 0 radical (unpaired) electrons. The van der Waals surface area contributed by atoms with Gasteiger partial charge in [0.1, 0.15) is 0 Å².